The van der Waals surface area contributed by atoms with Gasteiger partial charge in [-0.2, -0.15) is 0 Å². The van der Waals surface area contributed by atoms with Crippen LogP contribution in [0.5, 0.6) is 5.75 Å². The van der Waals surface area contributed by atoms with Crippen molar-refractivity contribution >= 4 is 56.3 Å². The molecule has 0 aliphatic carbocycles. The topological polar surface area (TPSA) is 89.9 Å². The maximum absolute atomic E-state index is 12.5. The molecule has 0 radical (unpaired) electrons. The molecule has 5 rings (SSSR count). The highest BCUT2D eigenvalue weighted by Gasteiger charge is 2.27. The minimum Gasteiger partial charge on any atom is -0.508 e. The molecule has 0 saturated carbocycles. The summed E-state index contributed by atoms with van der Waals surface area (Å²) in [6.07, 6.45) is 0. The zero-order valence-corrected chi connectivity index (χ0v) is 14.1. The molecular weight excluding hydrogens is 348 g/mol. The van der Waals surface area contributed by atoms with Gasteiger partial charge in [0.15, 0.2) is 5.58 Å². The highest BCUT2D eigenvalue weighted by Crippen LogP contribution is 2.44. The third-order valence-electron chi connectivity index (χ3n) is 4.82. The Morgan fingerprint density at radius 1 is 1.00 bits per heavy atom. The molecule has 27 heavy (non-hydrogen) atoms. The number of esters is 1. The number of carbonyl (C=O) groups excluding carboxylic acids is 2. The number of phenolic OH excluding ortho intramolecular Hbond substituents is 1. The summed E-state index contributed by atoms with van der Waals surface area (Å²) in [5.41, 5.74) is 2.55. The highest BCUT2D eigenvalue weighted by atomic mass is 16.6. The van der Waals surface area contributed by atoms with E-state index in [1.54, 1.807) is 25.1 Å². The number of rotatable bonds is 2. The summed E-state index contributed by atoms with van der Waals surface area (Å²) in [7, 11) is 0. The van der Waals surface area contributed by atoms with Crippen molar-refractivity contribution in [1.82, 2.24) is 0 Å². The van der Waals surface area contributed by atoms with Gasteiger partial charge in [-0.25, -0.2) is 4.79 Å². The summed E-state index contributed by atoms with van der Waals surface area (Å²) in [5.74, 6) is -0.732. The standard InChI is InChI=1S/C21H12O6/c1-10-16(21(24)25-9-22)20-18(12-4-2-3-5-14(12)26-20)17-13-7-6-11(23)8-15(13)27-19(10)17/h2-9,23H,1H3. The fourth-order valence-electron chi connectivity index (χ4n) is 3.70. The molecule has 0 atom stereocenters. The van der Waals surface area contributed by atoms with Crippen molar-refractivity contribution in [3.63, 3.8) is 0 Å². The summed E-state index contributed by atoms with van der Waals surface area (Å²) in [4.78, 5) is 23.2. The van der Waals surface area contributed by atoms with Crippen molar-refractivity contribution in [2.24, 2.45) is 0 Å². The minimum atomic E-state index is -0.809. The molecule has 6 nitrogen and oxygen atoms in total. The second-order valence-corrected chi connectivity index (χ2v) is 6.29. The van der Waals surface area contributed by atoms with Gasteiger partial charge in [0.05, 0.1) is 0 Å². The fraction of sp³-hybridized carbons (Fsp3) is 0.0476. The molecule has 0 aliphatic heterocycles. The molecule has 0 fully saturated rings. The third-order valence-corrected chi connectivity index (χ3v) is 4.82. The van der Waals surface area contributed by atoms with Gasteiger partial charge in [0.25, 0.3) is 0 Å². The number of hydrogen-bond donors (Lipinski definition) is 1. The lowest BCUT2D eigenvalue weighted by molar-refractivity contribution is -0.123. The zero-order chi connectivity index (χ0) is 18.7. The number of aryl methyl sites for hydroxylation is 1. The minimum absolute atomic E-state index is 0.0769. The summed E-state index contributed by atoms with van der Waals surface area (Å²) in [6.45, 7) is 1.80. The number of phenols is 1. The normalized spacial score (nSPS) is 11.6. The van der Waals surface area contributed by atoms with Crippen LogP contribution in [-0.4, -0.2) is 17.5 Å². The zero-order valence-electron chi connectivity index (χ0n) is 14.1. The molecule has 0 saturated heterocycles. The van der Waals surface area contributed by atoms with Crippen molar-refractivity contribution in [2.75, 3.05) is 0 Å². The van der Waals surface area contributed by atoms with E-state index in [0.29, 0.717) is 33.3 Å². The van der Waals surface area contributed by atoms with Crippen LogP contribution in [0.1, 0.15) is 15.9 Å². The molecule has 0 aliphatic rings. The number of ether oxygens (including phenoxy) is 1. The monoisotopic (exact) mass is 360 g/mol. The number of aromatic hydroxyl groups is 1. The number of furan rings is 2. The lowest BCUT2D eigenvalue weighted by Gasteiger charge is -2.05. The molecule has 2 aromatic heterocycles. The first-order valence-corrected chi connectivity index (χ1v) is 8.24. The Balaban J connectivity index is 2.10. The van der Waals surface area contributed by atoms with Crippen LogP contribution in [0.15, 0.2) is 51.3 Å². The Morgan fingerprint density at radius 3 is 2.52 bits per heavy atom. The van der Waals surface area contributed by atoms with Crippen LogP contribution in [0.2, 0.25) is 0 Å². The molecule has 5 aromatic rings. The molecule has 132 valence electrons. The molecule has 0 bridgehead atoms. The van der Waals surface area contributed by atoms with Gasteiger partial charge in [-0.05, 0) is 25.1 Å². The van der Waals surface area contributed by atoms with E-state index < -0.39 is 5.97 Å². The van der Waals surface area contributed by atoms with Gasteiger partial charge in [0.2, 0.25) is 0 Å². The maximum Gasteiger partial charge on any atom is 0.349 e. The number of carbonyl (C=O) groups is 2. The first-order valence-electron chi connectivity index (χ1n) is 8.24. The molecular formula is C21H12O6. The first kappa shape index (κ1) is 15.5. The molecule has 2 heterocycles. The predicted octanol–water partition coefficient (Wildman–Crippen LogP) is 4.81. The van der Waals surface area contributed by atoms with E-state index in [1.165, 1.54) is 6.07 Å². The number of benzene rings is 3. The van der Waals surface area contributed by atoms with E-state index in [1.807, 2.05) is 18.2 Å². The quantitative estimate of drug-likeness (QED) is 0.276. The van der Waals surface area contributed by atoms with Crippen molar-refractivity contribution in [2.45, 2.75) is 6.92 Å². The van der Waals surface area contributed by atoms with E-state index in [4.69, 9.17) is 8.83 Å². The lowest BCUT2D eigenvalue weighted by Crippen LogP contribution is -2.06. The van der Waals surface area contributed by atoms with Crippen LogP contribution in [0, 0.1) is 6.92 Å². The number of hydrogen-bond acceptors (Lipinski definition) is 6. The van der Waals surface area contributed by atoms with E-state index in [9.17, 15) is 14.7 Å². The maximum atomic E-state index is 12.5. The average Bonchev–Trinajstić information content (AvgIpc) is 3.19. The molecule has 0 amide bonds. The lowest BCUT2D eigenvalue weighted by atomic mass is 9.98. The Kier molecular flexibility index (Phi) is 3.06. The smallest absolute Gasteiger partial charge is 0.349 e. The molecule has 6 heteroatoms. The van der Waals surface area contributed by atoms with Crippen molar-refractivity contribution in [3.05, 3.63) is 53.6 Å². The van der Waals surface area contributed by atoms with Gasteiger partial charge < -0.3 is 18.7 Å². The second-order valence-electron chi connectivity index (χ2n) is 6.29. The summed E-state index contributed by atoms with van der Waals surface area (Å²) >= 11 is 0. The van der Waals surface area contributed by atoms with E-state index in [0.717, 1.165) is 16.2 Å². The van der Waals surface area contributed by atoms with Gasteiger partial charge in [-0.1, -0.05) is 18.2 Å². The van der Waals surface area contributed by atoms with Crippen LogP contribution in [0.25, 0.3) is 43.9 Å². The van der Waals surface area contributed by atoms with Crippen molar-refractivity contribution in [1.29, 1.82) is 0 Å². The van der Waals surface area contributed by atoms with E-state index >= 15 is 0 Å². The number of fused-ring (bicyclic) bond motifs is 7. The summed E-state index contributed by atoms with van der Waals surface area (Å²) < 4.78 is 16.5. The van der Waals surface area contributed by atoms with Crippen molar-refractivity contribution < 1.29 is 28.3 Å². The van der Waals surface area contributed by atoms with Crippen LogP contribution in [-0.2, 0) is 9.53 Å². The van der Waals surface area contributed by atoms with Gasteiger partial charge in [0, 0.05) is 33.2 Å². The summed E-state index contributed by atoms with van der Waals surface area (Å²) in [6, 6.07) is 12.3. The van der Waals surface area contributed by atoms with Crippen LogP contribution in [0.4, 0.5) is 0 Å². The van der Waals surface area contributed by atoms with Crippen LogP contribution in [0.3, 0.4) is 0 Å². The SMILES string of the molecule is Cc1c(C(=O)OC=O)c2oc3ccccc3c2c2c1oc1cc(O)ccc12. The Hall–Kier alpha value is -3.80. The molecule has 3 aromatic carbocycles. The largest absolute Gasteiger partial charge is 0.508 e. The van der Waals surface area contributed by atoms with Crippen molar-refractivity contribution in [3.8, 4) is 5.75 Å². The average molecular weight is 360 g/mol. The molecule has 1 N–H and O–H groups in total. The predicted molar refractivity (Wildman–Crippen MR) is 98.9 cm³/mol. The van der Waals surface area contributed by atoms with Crippen LogP contribution >= 0.6 is 0 Å². The highest BCUT2D eigenvalue weighted by molar-refractivity contribution is 6.29. The Bertz CT molecular complexity index is 1400. The molecule has 0 spiro atoms. The van der Waals surface area contributed by atoms with Gasteiger partial charge in [-0.15, -0.1) is 0 Å². The Labute approximate surface area is 151 Å². The number of para-hydroxylation sites is 1. The van der Waals surface area contributed by atoms with Gasteiger partial charge >= 0.3 is 12.4 Å². The fourth-order valence-corrected chi connectivity index (χ4v) is 3.70. The molecule has 0 unspecified atom stereocenters. The Morgan fingerprint density at radius 2 is 1.70 bits per heavy atom. The van der Waals surface area contributed by atoms with E-state index in [2.05, 4.69) is 4.74 Å². The van der Waals surface area contributed by atoms with Crippen LogP contribution < -0.4 is 0 Å². The first-order chi connectivity index (χ1) is 13.1. The second kappa shape index (κ2) is 5.35. The van der Waals surface area contributed by atoms with Gasteiger partial charge in [-0.3, -0.25) is 4.79 Å². The third kappa shape index (κ3) is 2.01. The van der Waals surface area contributed by atoms with Gasteiger partial charge in [0.1, 0.15) is 28.1 Å². The summed E-state index contributed by atoms with van der Waals surface area (Å²) in [5, 5.41) is 12.9. The van der Waals surface area contributed by atoms with E-state index in [-0.39, 0.29) is 17.8 Å².